The van der Waals surface area contributed by atoms with Gasteiger partial charge in [0, 0.05) is 12.5 Å². The highest BCUT2D eigenvalue weighted by Crippen LogP contribution is 2.40. The summed E-state index contributed by atoms with van der Waals surface area (Å²) in [5.74, 6) is 0.418. The molecule has 1 saturated carbocycles. The van der Waals surface area contributed by atoms with Crippen molar-refractivity contribution in [3.63, 3.8) is 0 Å². The molecule has 0 atom stereocenters. The number of rotatable bonds is 9. The van der Waals surface area contributed by atoms with Crippen molar-refractivity contribution in [1.82, 2.24) is 4.90 Å². The molecule has 0 radical (unpaired) electrons. The molecule has 0 unspecified atom stereocenters. The molecule has 132 valence electrons. The quantitative estimate of drug-likeness (QED) is 0.738. The average molecular weight is 337 g/mol. The van der Waals surface area contributed by atoms with Crippen LogP contribution < -0.4 is 14.2 Å². The summed E-state index contributed by atoms with van der Waals surface area (Å²) in [7, 11) is 4.60. The van der Waals surface area contributed by atoms with Gasteiger partial charge in [-0.25, -0.2) is 0 Å². The molecule has 0 spiro atoms. The average Bonchev–Trinajstić information content (AvgIpc) is 3.40. The first-order valence-electron chi connectivity index (χ1n) is 7.80. The van der Waals surface area contributed by atoms with Gasteiger partial charge in [-0.2, -0.15) is 0 Å². The van der Waals surface area contributed by atoms with Gasteiger partial charge in [0.15, 0.2) is 11.5 Å². The number of hydrogen-bond donors (Lipinski definition) is 1. The number of carboxylic acids is 1. The number of benzene rings is 1. The standard InChI is InChI=1S/C17H23NO6/c1-22-13-8-4-11(16(23-2)17(13)24-3)5-9-14(19)18(10-15(20)21)12-6-7-12/h4,8,12H,5-7,9-10H2,1-3H3,(H,20,21). The molecule has 0 saturated heterocycles. The summed E-state index contributed by atoms with van der Waals surface area (Å²) in [4.78, 5) is 24.8. The highest BCUT2D eigenvalue weighted by Gasteiger charge is 2.33. The number of aliphatic carboxylic acids is 1. The zero-order valence-corrected chi connectivity index (χ0v) is 14.2. The Bertz CT molecular complexity index is 611. The van der Waals surface area contributed by atoms with Crippen LogP contribution >= 0.6 is 0 Å². The molecule has 0 aliphatic heterocycles. The maximum Gasteiger partial charge on any atom is 0.323 e. The summed E-state index contributed by atoms with van der Waals surface area (Å²) >= 11 is 0. The summed E-state index contributed by atoms with van der Waals surface area (Å²) in [6.45, 7) is -0.243. The maximum absolute atomic E-state index is 12.4. The first-order chi connectivity index (χ1) is 11.5. The van der Waals surface area contributed by atoms with Gasteiger partial charge >= 0.3 is 5.97 Å². The molecule has 1 aliphatic carbocycles. The first kappa shape index (κ1) is 17.9. The van der Waals surface area contributed by atoms with E-state index in [0.29, 0.717) is 23.7 Å². The van der Waals surface area contributed by atoms with Crippen LogP contribution in [0.2, 0.25) is 0 Å². The van der Waals surface area contributed by atoms with E-state index in [1.165, 1.54) is 19.1 Å². The monoisotopic (exact) mass is 337 g/mol. The van der Waals surface area contributed by atoms with Gasteiger partial charge in [-0.05, 0) is 30.9 Å². The summed E-state index contributed by atoms with van der Waals surface area (Å²) in [6, 6.07) is 3.66. The summed E-state index contributed by atoms with van der Waals surface area (Å²) < 4.78 is 16.0. The summed E-state index contributed by atoms with van der Waals surface area (Å²) in [6.07, 6.45) is 2.40. The number of nitrogens with zero attached hydrogens (tertiary/aromatic N) is 1. The van der Waals surface area contributed by atoms with Gasteiger partial charge in [-0.1, -0.05) is 6.07 Å². The molecule has 7 heteroatoms. The number of carbonyl (C=O) groups is 2. The number of methoxy groups -OCH3 is 3. The van der Waals surface area contributed by atoms with E-state index in [2.05, 4.69) is 0 Å². The second-order valence-electron chi connectivity index (χ2n) is 5.64. The van der Waals surface area contributed by atoms with E-state index >= 15 is 0 Å². The highest BCUT2D eigenvalue weighted by atomic mass is 16.5. The third-order valence-electron chi connectivity index (χ3n) is 4.01. The Labute approximate surface area is 141 Å². The molecular formula is C17H23NO6. The van der Waals surface area contributed by atoms with Crippen LogP contribution in [-0.2, 0) is 16.0 Å². The van der Waals surface area contributed by atoms with Crippen LogP contribution in [0.4, 0.5) is 0 Å². The number of aryl methyl sites for hydroxylation is 1. The van der Waals surface area contributed by atoms with Crippen LogP contribution in [0.1, 0.15) is 24.8 Å². The van der Waals surface area contributed by atoms with Crippen molar-refractivity contribution in [2.45, 2.75) is 31.7 Å². The van der Waals surface area contributed by atoms with Crippen molar-refractivity contribution in [3.8, 4) is 17.2 Å². The van der Waals surface area contributed by atoms with Gasteiger partial charge in [-0.15, -0.1) is 0 Å². The first-order valence-corrected chi connectivity index (χ1v) is 7.80. The molecule has 1 fully saturated rings. The number of ether oxygens (including phenoxy) is 3. The van der Waals surface area contributed by atoms with E-state index in [1.807, 2.05) is 6.07 Å². The molecule has 1 aromatic carbocycles. The third-order valence-corrected chi connectivity index (χ3v) is 4.01. The van der Waals surface area contributed by atoms with E-state index in [4.69, 9.17) is 19.3 Å². The molecule has 2 rings (SSSR count). The van der Waals surface area contributed by atoms with Gasteiger partial charge in [0.25, 0.3) is 0 Å². The maximum atomic E-state index is 12.4. The Morgan fingerprint density at radius 1 is 1.12 bits per heavy atom. The van der Waals surface area contributed by atoms with Gasteiger partial charge in [0.2, 0.25) is 11.7 Å². The van der Waals surface area contributed by atoms with Crippen molar-refractivity contribution in [1.29, 1.82) is 0 Å². The van der Waals surface area contributed by atoms with E-state index in [0.717, 1.165) is 18.4 Å². The Hall–Kier alpha value is -2.44. The van der Waals surface area contributed by atoms with Crippen LogP contribution in [0.3, 0.4) is 0 Å². The minimum atomic E-state index is -0.987. The number of hydrogen-bond acceptors (Lipinski definition) is 5. The number of carbonyl (C=O) groups excluding carboxylic acids is 1. The minimum absolute atomic E-state index is 0.0703. The molecule has 1 N–H and O–H groups in total. The van der Waals surface area contributed by atoms with Gasteiger partial charge in [0.05, 0.1) is 21.3 Å². The van der Waals surface area contributed by atoms with Crippen LogP contribution in [-0.4, -0.2) is 55.8 Å². The van der Waals surface area contributed by atoms with Crippen LogP contribution in [0, 0.1) is 0 Å². The topological polar surface area (TPSA) is 85.3 Å². The van der Waals surface area contributed by atoms with Crippen molar-refractivity contribution >= 4 is 11.9 Å². The molecule has 0 bridgehead atoms. The van der Waals surface area contributed by atoms with E-state index < -0.39 is 5.97 Å². The zero-order valence-electron chi connectivity index (χ0n) is 14.2. The molecule has 7 nitrogen and oxygen atoms in total. The predicted molar refractivity (Wildman–Crippen MR) is 86.8 cm³/mol. The fourth-order valence-electron chi connectivity index (χ4n) is 2.70. The SMILES string of the molecule is COc1ccc(CCC(=O)N(CC(=O)O)C2CC2)c(OC)c1OC. The lowest BCUT2D eigenvalue weighted by atomic mass is 10.1. The lowest BCUT2D eigenvalue weighted by Crippen LogP contribution is -2.37. The van der Waals surface area contributed by atoms with E-state index in [-0.39, 0.29) is 24.9 Å². The number of carboxylic acid groups (broad SMARTS) is 1. The normalized spacial score (nSPS) is 13.3. The second-order valence-corrected chi connectivity index (χ2v) is 5.64. The van der Waals surface area contributed by atoms with Gasteiger partial charge in [0.1, 0.15) is 6.54 Å². The van der Waals surface area contributed by atoms with Gasteiger partial charge < -0.3 is 24.2 Å². The summed E-state index contributed by atoms with van der Waals surface area (Å²) in [5.41, 5.74) is 0.814. The Balaban J connectivity index is 2.10. The fourth-order valence-corrected chi connectivity index (χ4v) is 2.70. The fraction of sp³-hybridized carbons (Fsp3) is 0.529. The third kappa shape index (κ3) is 4.10. The molecule has 0 aromatic heterocycles. The van der Waals surface area contributed by atoms with Crippen LogP contribution in [0.25, 0.3) is 0 Å². The lowest BCUT2D eigenvalue weighted by Gasteiger charge is -2.21. The Morgan fingerprint density at radius 3 is 2.29 bits per heavy atom. The molecule has 1 amide bonds. The highest BCUT2D eigenvalue weighted by molar-refractivity contribution is 5.82. The number of amides is 1. The van der Waals surface area contributed by atoms with Crippen molar-refractivity contribution in [3.05, 3.63) is 17.7 Å². The van der Waals surface area contributed by atoms with Crippen LogP contribution in [0.5, 0.6) is 17.2 Å². The summed E-state index contributed by atoms with van der Waals surface area (Å²) in [5, 5.41) is 8.96. The van der Waals surface area contributed by atoms with E-state index in [9.17, 15) is 9.59 Å². The molecule has 0 heterocycles. The zero-order chi connectivity index (χ0) is 17.7. The van der Waals surface area contributed by atoms with Crippen molar-refractivity contribution < 1.29 is 28.9 Å². The van der Waals surface area contributed by atoms with E-state index in [1.54, 1.807) is 13.2 Å². The minimum Gasteiger partial charge on any atom is -0.493 e. The second kappa shape index (κ2) is 7.90. The van der Waals surface area contributed by atoms with Crippen molar-refractivity contribution in [2.24, 2.45) is 0 Å². The molecular weight excluding hydrogens is 314 g/mol. The molecule has 1 aromatic rings. The smallest absolute Gasteiger partial charge is 0.323 e. The lowest BCUT2D eigenvalue weighted by molar-refractivity contribution is -0.144. The van der Waals surface area contributed by atoms with Gasteiger partial charge in [-0.3, -0.25) is 9.59 Å². The van der Waals surface area contributed by atoms with Crippen LogP contribution in [0.15, 0.2) is 12.1 Å². The largest absolute Gasteiger partial charge is 0.493 e. The Morgan fingerprint density at radius 2 is 1.79 bits per heavy atom. The predicted octanol–water partition coefficient (Wildman–Crippen LogP) is 1.72. The molecule has 24 heavy (non-hydrogen) atoms. The van der Waals surface area contributed by atoms with Crippen molar-refractivity contribution in [2.75, 3.05) is 27.9 Å². The Kier molecular flexibility index (Phi) is 5.89. The molecule has 1 aliphatic rings.